The molecule has 32 heavy (non-hydrogen) atoms. The number of aryl methyl sites for hydroxylation is 1. The van der Waals surface area contributed by atoms with Gasteiger partial charge in [0.25, 0.3) is 0 Å². The van der Waals surface area contributed by atoms with Gasteiger partial charge in [-0.3, -0.25) is 0 Å². The van der Waals surface area contributed by atoms with Crippen molar-refractivity contribution in [2.45, 2.75) is 96.3 Å². The van der Waals surface area contributed by atoms with Crippen molar-refractivity contribution in [3.05, 3.63) is 59.7 Å². The van der Waals surface area contributed by atoms with Gasteiger partial charge in [-0.15, -0.1) is 6.58 Å². The van der Waals surface area contributed by atoms with E-state index in [4.69, 9.17) is 0 Å². The first-order valence-electron chi connectivity index (χ1n) is 13.1. The zero-order valence-electron chi connectivity index (χ0n) is 19.9. The molecular weight excluding hydrogens is 398 g/mol. The minimum absolute atomic E-state index is 0.445. The highest BCUT2D eigenvalue weighted by Gasteiger charge is 2.35. The van der Waals surface area contributed by atoms with Crippen molar-refractivity contribution in [1.82, 2.24) is 0 Å². The molecule has 2 heteroatoms. The molecule has 4 unspecified atom stereocenters. The highest BCUT2D eigenvalue weighted by molar-refractivity contribution is 5.85. The lowest BCUT2D eigenvalue weighted by molar-refractivity contribution is 0.113. The van der Waals surface area contributed by atoms with Gasteiger partial charge in [0.15, 0.2) is 11.6 Å². The lowest BCUT2D eigenvalue weighted by Gasteiger charge is -2.42. The van der Waals surface area contributed by atoms with Crippen molar-refractivity contribution in [2.24, 2.45) is 17.8 Å². The fourth-order valence-corrected chi connectivity index (χ4v) is 6.50. The monoisotopic (exact) mass is 438 g/mol. The van der Waals surface area contributed by atoms with E-state index in [1.54, 1.807) is 6.08 Å². The smallest absolute Gasteiger partial charge is 0.166 e. The number of hydrogen-bond acceptors (Lipinski definition) is 0. The van der Waals surface area contributed by atoms with E-state index in [0.717, 1.165) is 23.1 Å². The van der Waals surface area contributed by atoms with E-state index < -0.39 is 11.6 Å². The first kappa shape index (κ1) is 23.5. The third-order valence-electron chi connectivity index (χ3n) is 8.39. The molecule has 0 saturated heterocycles. The summed E-state index contributed by atoms with van der Waals surface area (Å²) in [5.74, 6) is 1.78. The second-order valence-electron chi connectivity index (χ2n) is 10.5. The van der Waals surface area contributed by atoms with Gasteiger partial charge < -0.3 is 0 Å². The zero-order chi connectivity index (χ0) is 22.5. The van der Waals surface area contributed by atoms with Gasteiger partial charge in [-0.05, 0) is 97.3 Å². The summed E-state index contributed by atoms with van der Waals surface area (Å²) in [6.45, 7) is 5.97. The minimum atomic E-state index is -0.683. The molecule has 4 rings (SSSR count). The van der Waals surface area contributed by atoms with Crippen molar-refractivity contribution in [3.63, 3.8) is 0 Å². The van der Waals surface area contributed by atoms with E-state index in [1.165, 1.54) is 76.2 Å². The van der Waals surface area contributed by atoms with E-state index >= 15 is 0 Å². The minimum Gasteiger partial charge on any atom is -0.203 e. The first-order chi connectivity index (χ1) is 15.6. The van der Waals surface area contributed by atoms with Crippen LogP contribution in [0.5, 0.6) is 0 Å². The third kappa shape index (κ3) is 5.26. The van der Waals surface area contributed by atoms with E-state index in [0.29, 0.717) is 29.7 Å². The highest BCUT2D eigenvalue weighted by Crippen LogP contribution is 2.48. The molecule has 2 fully saturated rings. The molecule has 2 aliphatic carbocycles. The van der Waals surface area contributed by atoms with E-state index in [9.17, 15) is 8.78 Å². The first-order valence-corrected chi connectivity index (χ1v) is 13.1. The van der Waals surface area contributed by atoms with Crippen LogP contribution in [0.3, 0.4) is 0 Å². The maximum absolute atomic E-state index is 14.9. The predicted octanol–water partition coefficient (Wildman–Crippen LogP) is 9.51. The summed E-state index contributed by atoms with van der Waals surface area (Å²) in [5, 5.41) is 1.25. The molecule has 0 heterocycles. The molecule has 2 aromatic rings. The summed E-state index contributed by atoms with van der Waals surface area (Å²) < 4.78 is 29.5. The van der Waals surface area contributed by atoms with Gasteiger partial charge >= 0.3 is 0 Å². The quantitative estimate of drug-likeness (QED) is 0.270. The van der Waals surface area contributed by atoms with Gasteiger partial charge in [-0.25, -0.2) is 8.78 Å². The number of allylic oxidation sites excluding steroid dienone is 1. The fraction of sp³-hybridized carbons (Fsp3) is 0.600. The average Bonchev–Trinajstić information content (AvgIpc) is 2.82. The summed E-state index contributed by atoms with van der Waals surface area (Å²) in [4.78, 5) is 0. The Morgan fingerprint density at radius 1 is 0.938 bits per heavy atom. The lowest BCUT2D eigenvalue weighted by atomic mass is 9.63. The Bertz CT molecular complexity index is 915. The van der Waals surface area contributed by atoms with Crippen molar-refractivity contribution in [1.29, 1.82) is 0 Å². The average molecular weight is 439 g/mol. The Morgan fingerprint density at radius 3 is 2.56 bits per heavy atom. The van der Waals surface area contributed by atoms with Crippen molar-refractivity contribution in [3.8, 4) is 0 Å². The van der Waals surface area contributed by atoms with Crippen LogP contribution in [-0.4, -0.2) is 0 Å². The maximum Gasteiger partial charge on any atom is 0.166 e. The van der Waals surface area contributed by atoms with Crippen LogP contribution in [0.25, 0.3) is 10.8 Å². The Labute approximate surface area is 193 Å². The molecule has 0 spiro atoms. The lowest BCUT2D eigenvalue weighted by Crippen LogP contribution is -2.30. The molecular formula is C30H40F2. The molecule has 174 valence electrons. The molecule has 0 nitrogen and oxygen atoms in total. The Balaban J connectivity index is 1.41. The molecule has 0 N–H and O–H groups in total. The van der Waals surface area contributed by atoms with E-state index in [-0.39, 0.29) is 0 Å². The number of hydrogen-bond donors (Lipinski definition) is 0. The molecule has 2 aromatic carbocycles. The normalized spacial score (nSPS) is 25.6. The van der Waals surface area contributed by atoms with Gasteiger partial charge in [0.05, 0.1) is 0 Å². The number of rotatable bonds is 9. The topological polar surface area (TPSA) is 0 Å². The molecule has 0 bridgehead atoms. The van der Waals surface area contributed by atoms with E-state index in [2.05, 4.69) is 19.6 Å². The summed E-state index contributed by atoms with van der Waals surface area (Å²) in [6, 6.07) is 7.93. The van der Waals surface area contributed by atoms with Crippen LogP contribution in [0.2, 0.25) is 0 Å². The Hall–Kier alpha value is -1.70. The number of benzene rings is 2. The summed E-state index contributed by atoms with van der Waals surface area (Å²) in [6.07, 6.45) is 17.7. The van der Waals surface area contributed by atoms with Gasteiger partial charge in [-0.1, -0.05) is 63.7 Å². The van der Waals surface area contributed by atoms with Crippen molar-refractivity contribution >= 4 is 10.8 Å². The van der Waals surface area contributed by atoms with Gasteiger partial charge in [0, 0.05) is 5.39 Å². The Kier molecular flexibility index (Phi) is 8.02. The van der Waals surface area contributed by atoms with Crippen LogP contribution in [0, 0.1) is 29.4 Å². The van der Waals surface area contributed by atoms with Crippen LogP contribution in [0.15, 0.2) is 36.9 Å². The molecule has 2 saturated carbocycles. The second-order valence-corrected chi connectivity index (χ2v) is 10.5. The molecule has 0 aromatic heterocycles. The standard InChI is InChI=1S/C30H40F2/c1-3-5-7-8-9-21-11-12-23-18-24(14-13-22(23)17-21)25-15-16-26-19-27(10-6-4-2)29(31)30(32)28(26)20-25/h4,15-16,19-24H,2-3,5-14,17-18H2,1H3. The number of halogens is 2. The molecule has 0 aliphatic heterocycles. The summed E-state index contributed by atoms with van der Waals surface area (Å²) in [5.41, 5.74) is 1.66. The number of fused-ring (bicyclic) bond motifs is 2. The molecule has 0 radical (unpaired) electrons. The summed E-state index contributed by atoms with van der Waals surface area (Å²) >= 11 is 0. The zero-order valence-corrected chi connectivity index (χ0v) is 19.9. The maximum atomic E-state index is 14.9. The summed E-state index contributed by atoms with van der Waals surface area (Å²) in [7, 11) is 0. The van der Waals surface area contributed by atoms with Crippen LogP contribution >= 0.6 is 0 Å². The van der Waals surface area contributed by atoms with Gasteiger partial charge in [-0.2, -0.15) is 0 Å². The predicted molar refractivity (Wildman–Crippen MR) is 132 cm³/mol. The van der Waals surface area contributed by atoms with Gasteiger partial charge in [0.2, 0.25) is 0 Å². The molecule has 2 aliphatic rings. The SMILES string of the molecule is C=CCCc1cc2ccc(C3CCC4CC(CCCCCC)CCC4C3)cc2c(F)c1F. The number of unbranched alkanes of at least 4 members (excludes halogenated alkanes) is 3. The van der Waals surface area contributed by atoms with Crippen LogP contribution in [-0.2, 0) is 6.42 Å². The fourth-order valence-electron chi connectivity index (χ4n) is 6.50. The van der Waals surface area contributed by atoms with Gasteiger partial charge in [0.1, 0.15) is 0 Å². The molecule has 0 amide bonds. The van der Waals surface area contributed by atoms with Crippen LogP contribution in [0.1, 0.15) is 101 Å². The molecule has 4 atom stereocenters. The van der Waals surface area contributed by atoms with Crippen LogP contribution in [0.4, 0.5) is 8.78 Å². The third-order valence-corrected chi connectivity index (χ3v) is 8.39. The van der Waals surface area contributed by atoms with Crippen molar-refractivity contribution in [2.75, 3.05) is 0 Å². The van der Waals surface area contributed by atoms with E-state index in [1.807, 2.05) is 18.2 Å². The van der Waals surface area contributed by atoms with Crippen LogP contribution < -0.4 is 0 Å². The Morgan fingerprint density at radius 2 is 1.75 bits per heavy atom. The van der Waals surface area contributed by atoms with Crippen molar-refractivity contribution < 1.29 is 8.78 Å². The largest absolute Gasteiger partial charge is 0.203 e. The second kappa shape index (κ2) is 10.9. The highest BCUT2D eigenvalue weighted by atomic mass is 19.2.